The third-order valence-corrected chi connectivity index (χ3v) is 3.05. The average Bonchev–Trinajstić information content (AvgIpc) is 2.18. The van der Waals surface area contributed by atoms with Gasteiger partial charge >= 0.3 is 0 Å². The Balaban J connectivity index is 2.62. The molecular weight excluding hydrogens is 196 g/mol. The third kappa shape index (κ3) is 3.48. The Kier molecular flexibility index (Phi) is 3.90. The van der Waals surface area contributed by atoms with Crippen LogP contribution in [0.4, 0.5) is 0 Å². The number of Topliss-reactive ketones (excluding diaryl/α,β-unsaturated/α-hetero) is 1. The minimum Gasteiger partial charge on any atom is -0.299 e. The Morgan fingerprint density at radius 1 is 1.12 bits per heavy atom. The molecule has 0 bridgehead atoms. The van der Waals surface area contributed by atoms with E-state index >= 15 is 0 Å². The molecule has 0 aliphatic rings. The summed E-state index contributed by atoms with van der Waals surface area (Å²) in [5.41, 5.74) is 3.67. The second-order valence-electron chi connectivity index (χ2n) is 5.59. The molecule has 0 aromatic heterocycles. The maximum Gasteiger partial charge on any atom is 0.138 e. The van der Waals surface area contributed by atoms with Crippen molar-refractivity contribution in [1.29, 1.82) is 0 Å². The van der Waals surface area contributed by atoms with Gasteiger partial charge in [-0.3, -0.25) is 4.79 Å². The van der Waals surface area contributed by atoms with Crippen LogP contribution < -0.4 is 0 Å². The van der Waals surface area contributed by atoms with Gasteiger partial charge in [-0.1, -0.05) is 39.0 Å². The highest BCUT2D eigenvalue weighted by molar-refractivity contribution is 5.83. The van der Waals surface area contributed by atoms with Crippen LogP contribution in [-0.2, 0) is 11.2 Å². The highest BCUT2D eigenvalue weighted by Crippen LogP contribution is 2.19. The van der Waals surface area contributed by atoms with E-state index in [1.807, 2.05) is 20.8 Å². The van der Waals surface area contributed by atoms with E-state index < -0.39 is 0 Å². The van der Waals surface area contributed by atoms with Gasteiger partial charge in [-0.05, 0) is 37.0 Å². The van der Waals surface area contributed by atoms with Crippen LogP contribution in [0.25, 0.3) is 0 Å². The average molecular weight is 218 g/mol. The van der Waals surface area contributed by atoms with Gasteiger partial charge in [0.15, 0.2) is 0 Å². The number of hydrogen-bond acceptors (Lipinski definition) is 1. The fourth-order valence-corrected chi connectivity index (χ4v) is 1.59. The van der Waals surface area contributed by atoms with Crippen LogP contribution in [0.5, 0.6) is 0 Å². The van der Waals surface area contributed by atoms with Crippen LogP contribution in [0.1, 0.15) is 43.9 Å². The van der Waals surface area contributed by atoms with Crippen molar-refractivity contribution in [2.24, 2.45) is 5.41 Å². The van der Waals surface area contributed by atoms with Crippen LogP contribution >= 0.6 is 0 Å². The van der Waals surface area contributed by atoms with Gasteiger partial charge in [0.25, 0.3) is 0 Å². The summed E-state index contributed by atoms with van der Waals surface area (Å²) in [6.07, 6.45) is 1.50. The quantitative estimate of drug-likeness (QED) is 0.753. The molecule has 0 fully saturated rings. The van der Waals surface area contributed by atoms with Crippen molar-refractivity contribution < 1.29 is 4.79 Å². The minimum absolute atomic E-state index is 0.209. The third-order valence-electron chi connectivity index (χ3n) is 3.05. The number of carbonyl (C=O) groups is 1. The van der Waals surface area contributed by atoms with E-state index in [1.54, 1.807) is 0 Å². The lowest BCUT2D eigenvalue weighted by Crippen LogP contribution is -2.20. The van der Waals surface area contributed by atoms with Crippen molar-refractivity contribution in [3.8, 4) is 0 Å². The second-order valence-corrected chi connectivity index (χ2v) is 5.59. The molecule has 16 heavy (non-hydrogen) atoms. The van der Waals surface area contributed by atoms with E-state index in [0.29, 0.717) is 12.2 Å². The number of carbonyl (C=O) groups excluding carboxylic acids is 1. The Morgan fingerprint density at radius 2 is 1.75 bits per heavy atom. The van der Waals surface area contributed by atoms with Crippen molar-refractivity contribution >= 4 is 5.78 Å². The van der Waals surface area contributed by atoms with Crippen molar-refractivity contribution in [2.75, 3.05) is 0 Å². The van der Waals surface area contributed by atoms with Gasteiger partial charge in [-0.25, -0.2) is 0 Å². The highest BCUT2D eigenvalue weighted by atomic mass is 16.1. The fourth-order valence-electron chi connectivity index (χ4n) is 1.59. The summed E-state index contributed by atoms with van der Waals surface area (Å²) >= 11 is 0. The first-order valence-corrected chi connectivity index (χ1v) is 5.90. The fraction of sp³-hybridized carbons (Fsp3) is 0.533. The lowest BCUT2D eigenvalue weighted by Gasteiger charge is -2.16. The molecule has 88 valence electrons. The first-order valence-electron chi connectivity index (χ1n) is 5.90. The molecule has 0 radical (unpaired) electrons. The van der Waals surface area contributed by atoms with Crippen molar-refractivity contribution in [2.45, 2.75) is 47.5 Å². The van der Waals surface area contributed by atoms with E-state index in [-0.39, 0.29) is 5.41 Å². The van der Waals surface area contributed by atoms with E-state index in [9.17, 15) is 4.79 Å². The largest absolute Gasteiger partial charge is 0.299 e. The molecule has 0 aliphatic heterocycles. The summed E-state index contributed by atoms with van der Waals surface area (Å²) < 4.78 is 0. The van der Waals surface area contributed by atoms with Gasteiger partial charge in [0.1, 0.15) is 5.78 Å². The molecule has 1 aromatic rings. The standard InChI is InChI=1S/C15H22O/c1-11-6-7-13(10-12(11)2)8-9-14(16)15(3,4)5/h6-7,10H,8-9H2,1-5H3. The molecule has 0 unspecified atom stereocenters. The van der Waals surface area contributed by atoms with E-state index in [2.05, 4.69) is 32.0 Å². The number of aryl methyl sites for hydroxylation is 3. The van der Waals surface area contributed by atoms with Gasteiger partial charge in [-0.15, -0.1) is 0 Å². The maximum atomic E-state index is 11.8. The number of rotatable bonds is 3. The topological polar surface area (TPSA) is 17.1 Å². The zero-order valence-corrected chi connectivity index (χ0v) is 11.1. The van der Waals surface area contributed by atoms with Crippen LogP contribution in [0, 0.1) is 19.3 Å². The first kappa shape index (κ1) is 13.0. The van der Waals surface area contributed by atoms with Crippen molar-refractivity contribution in [1.82, 2.24) is 0 Å². The van der Waals surface area contributed by atoms with Gasteiger partial charge < -0.3 is 0 Å². The summed E-state index contributed by atoms with van der Waals surface area (Å²) in [4.78, 5) is 11.8. The van der Waals surface area contributed by atoms with Crippen LogP contribution in [0.15, 0.2) is 18.2 Å². The van der Waals surface area contributed by atoms with Gasteiger partial charge in [0, 0.05) is 11.8 Å². The van der Waals surface area contributed by atoms with Crippen molar-refractivity contribution in [3.05, 3.63) is 34.9 Å². The van der Waals surface area contributed by atoms with E-state index in [1.165, 1.54) is 16.7 Å². The van der Waals surface area contributed by atoms with Crippen LogP contribution in [-0.4, -0.2) is 5.78 Å². The molecule has 0 saturated heterocycles. The maximum absolute atomic E-state index is 11.8. The summed E-state index contributed by atoms with van der Waals surface area (Å²) in [6, 6.07) is 6.44. The molecule has 0 heterocycles. The van der Waals surface area contributed by atoms with Gasteiger partial charge in [-0.2, -0.15) is 0 Å². The Labute approximate surface area is 98.9 Å². The molecule has 0 spiro atoms. The van der Waals surface area contributed by atoms with E-state index in [0.717, 1.165) is 6.42 Å². The molecule has 1 rings (SSSR count). The molecular formula is C15H22O. The highest BCUT2D eigenvalue weighted by Gasteiger charge is 2.20. The lowest BCUT2D eigenvalue weighted by molar-refractivity contribution is -0.126. The monoisotopic (exact) mass is 218 g/mol. The minimum atomic E-state index is -0.209. The summed E-state index contributed by atoms with van der Waals surface area (Å²) in [6.45, 7) is 10.2. The molecule has 0 amide bonds. The summed E-state index contributed by atoms with van der Waals surface area (Å²) in [7, 11) is 0. The number of hydrogen-bond donors (Lipinski definition) is 0. The Morgan fingerprint density at radius 3 is 2.25 bits per heavy atom. The van der Waals surface area contributed by atoms with Crippen molar-refractivity contribution in [3.63, 3.8) is 0 Å². The first-order chi connectivity index (χ1) is 7.30. The molecule has 1 nitrogen and oxygen atoms in total. The van der Waals surface area contributed by atoms with E-state index in [4.69, 9.17) is 0 Å². The zero-order chi connectivity index (χ0) is 12.3. The SMILES string of the molecule is Cc1ccc(CCC(=O)C(C)(C)C)cc1C. The Hall–Kier alpha value is -1.11. The smallest absolute Gasteiger partial charge is 0.138 e. The molecule has 0 aliphatic carbocycles. The predicted octanol–water partition coefficient (Wildman–Crippen LogP) is 3.85. The second kappa shape index (κ2) is 4.82. The predicted molar refractivity (Wildman–Crippen MR) is 68.7 cm³/mol. The molecule has 0 atom stereocenters. The summed E-state index contributed by atoms with van der Waals surface area (Å²) in [5.74, 6) is 0.339. The molecule has 1 aromatic carbocycles. The molecule has 0 saturated carbocycles. The Bertz CT molecular complexity index is 383. The molecule has 1 heteroatoms. The van der Waals surface area contributed by atoms with Crippen LogP contribution in [0.2, 0.25) is 0 Å². The summed E-state index contributed by atoms with van der Waals surface area (Å²) in [5, 5.41) is 0. The van der Waals surface area contributed by atoms with Crippen LogP contribution in [0.3, 0.4) is 0 Å². The number of benzene rings is 1. The number of ketones is 1. The van der Waals surface area contributed by atoms with Gasteiger partial charge in [0.05, 0.1) is 0 Å². The zero-order valence-electron chi connectivity index (χ0n) is 11.1. The normalized spacial score (nSPS) is 11.6. The molecule has 0 N–H and O–H groups in total. The lowest BCUT2D eigenvalue weighted by atomic mass is 9.87. The van der Waals surface area contributed by atoms with Gasteiger partial charge in [0.2, 0.25) is 0 Å².